The molecule has 1 fully saturated rings. The fraction of sp³-hybridized carbons (Fsp3) is 0.462. The average molecular weight is 251 g/mol. The molecule has 1 aromatic carbocycles. The first-order valence-corrected chi connectivity index (χ1v) is 6.07. The van der Waals surface area contributed by atoms with Crippen molar-refractivity contribution >= 4 is 5.91 Å². The number of hydrogen-bond acceptors (Lipinski definition) is 3. The van der Waals surface area contributed by atoms with Gasteiger partial charge < -0.3 is 4.90 Å². The minimum Gasteiger partial charge on any atom is -0.304 e. The number of likely N-dealkylation sites (N-methyl/N-ethyl adjacent to an activating group) is 1. The summed E-state index contributed by atoms with van der Waals surface area (Å²) < 4.78 is 13.6. The molecule has 4 nitrogen and oxygen atoms in total. The smallest absolute Gasteiger partial charge is 0.268 e. The molecule has 0 spiro atoms. The van der Waals surface area contributed by atoms with Crippen LogP contribution in [0.3, 0.4) is 0 Å². The summed E-state index contributed by atoms with van der Waals surface area (Å²) >= 11 is 0. The second-order valence-corrected chi connectivity index (χ2v) is 4.71. The Hall–Kier alpha value is -1.46. The van der Waals surface area contributed by atoms with Gasteiger partial charge in [-0.25, -0.2) is 9.40 Å². The van der Waals surface area contributed by atoms with E-state index < -0.39 is 5.82 Å². The topological polar surface area (TPSA) is 35.6 Å². The summed E-state index contributed by atoms with van der Waals surface area (Å²) in [6.45, 7) is 5.12. The molecule has 18 heavy (non-hydrogen) atoms. The van der Waals surface area contributed by atoms with Crippen LogP contribution in [-0.2, 0) is 0 Å². The Morgan fingerprint density at radius 3 is 2.56 bits per heavy atom. The van der Waals surface area contributed by atoms with Gasteiger partial charge in [-0.1, -0.05) is 6.07 Å². The summed E-state index contributed by atoms with van der Waals surface area (Å²) in [5.41, 5.74) is 3.65. The van der Waals surface area contributed by atoms with E-state index in [4.69, 9.17) is 0 Å². The molecule has 0 aliphatic carbocycles. The van der Waals surface area contributed by atoms with Crippen LogP contribution in [0.2, 0.25) is 0 Å². The average Bonchev–Trinajstić information content (AvgIpc) is 2.32. The molecule has 0 saturated carbocycles. The van der Waals surface area contributed by atoms with Crippen LogP contribution in [0.25, 0.3) is 0 Å². The highest BCUT2D eigenvalue weighted by Crippen LogP contribution is 2.10. The molecule has 1 N–H and O–H groups in total. The maximum atomic E-state index is 13.6. The molecule has 0 unspecified atom stereocenters. The molecule has 0 bridgehead atoms. The maximum Gasteiger partial charge on any atom is 0.268 e. The molecular formula is C13H18FN3O. The van der Waals surface area contributed by atoms with Gasteiger partial charge in [-0.05, 0) is 31.7 Å². The summed E-state index contributed by atoms with van der Waals surface area (Å²) in [6, 6.07) is 4.64. The first-order valence-electron chi connectivity index (χ1n) is 6.07. The molecule has 0 atom stereocenters. The van der Waals surface area contributed by atoms with Crippen LogP contribution in [0.15, 0.2) is 18.2 Å². The zero-order valence-electron chi connectivity index (χ0n) is 10.7. The van der Waals surface area contributed by atoms with E-state index in [2.05, 4.69) is 10.3 Å². The molecule has 1 amide bonds. The van der Waals surface area contributed by atoms with Crippen LogP contribution >= 0.6 is 0 Å². The van der Waals surface area contributed by atoms with Gasteiger partial charge in [0.05, 0.1) is 5.56 Å². The van der Waals surface area contributed by atoms with Gasteiger partial charge in [-0.3, -0.25) is 10.2 Å². The minimum absolute atomic E-state index is 0.0968. The second kappa shape index (κ2) is 5.46. The fourth-order valence-corrected chi connectivity index (χ4v) is 1.93. The van der Waals surface area contributed by atoms with Crippen molar-refractivity contribution in [1.29, 1.82) is 0 Å². The number of carbonyl (C=O) groups excluding carboxylic acids is 1. The number of hydrogen-bond donors (Lipinski definition) is 1. The van der Waals surface area contributed by atoms with E-state index >= 15 is 0 Å². The van der Waals surface area contributed by atoms with E-state index in [-0.39, 0.29) is 11.5 Å². The lowest BCUT2D eigenvalue weighted by Crippen LogP contribution is -2.52. The van der Waals surface area contributed by atoms with Crippen LogP contribution in [-0.4, -0.2) is 49.0 Å². The molecule has 1 aromatic rings. The second-order valence-electron chi connectivity index (χ2n) is 4.71. The Labute approximate surface area is 106 Å². The SMILES string of the molecule is Cc1ccc(C(=O)NN2CCN(C)CC2)c(F)c1. The number of carbonyl (C=O) groups is 1. The molecule has 98 valence electrons. The van der Waals surface area contributed by atoms with Gasteiger partial charge in [0.2, 0.25) is 0 Å². The van der Waals surface area contributed by atoms with Crippen LogP contribution in [0, 0.1) is 12.7 Å². The number of nitrogens with one attached hydrogen (secondary N) is 1. The van der Waals surface area contributed by atoms with Gasteiger partial charge in [0.25, 0.3) is 5.91 Å². The number of nitrogens with zero attached hydrogens (tertiary/aromatic N) is 2. The standard InChI is InChI=1S/C13H18FN3O/c1-10-3-4-11(12(14)9-10)13(18)15-17-7-5-16(2)6-8-17/h3-4,9H,5-8H2,1-2H3,(H,15,18). The van der Waals surface area contributed by atoms with Crippen LogP contribution in [0.1, 0.15) is 15.9 Å². The third kappa shape index (κ3) is 3.05. The summed E-state index contributed by atoms with van der Waals surface area (Å²) in [5, 5.41) is 1.83. The molecular weight excluding hydrogens is 233 g/mol. The summed E-state index contributed by atoms with van der Waals surface area (Å²) in [5.74, 6) is -0.848. The highest BCUT2D eigenvalue weighted by Gasteiger charge is 2.18. The van der Waals surface area contributed by atoms with Crippen molar-refractivity contribution < 1.29 is 9.18 Å². The number of piperazine rings is 1. The Bertz CT molecular complexity index is 442. The number of halogens is 1. The maximum absolute atomic E-state index is 13.6. The number of rotatable bonds is 2. The summed E-state index contributed by atoms with van der Waals surface area (Å²) in [4.78, 5) is 14.1. The van der Waals surface area contributed by atoms with Gasteiger partial charge in [0.15, 0.2) is 0 Å². The van der Waals surface area contributed by atoms with Crippen molar-refractivity contribution in [3.8, 4) is 0 Å². The molecule has 2 rings (SSSR count). The van der Waals surface area contributed by atoms with E-state index in [9.17, 15) is 9.18 Å². The summed E-state index contributed by atoms with van der Waals surface area (Å²) in [6.07, 6.45) is 0. The third-order valence-electron chi connectivity index (χ3n) is 3.13. The Morgan fingerprint density at radius 2 is 1.94 bits per heavy atom. The first kappa shape index (κ1) is 13.0. The van der Waals surface area contributed by atoms with Crippen LogP contribution in [0.4, 0.5) is 4.39 Å². The predicted octanol–water partition coefficient (Wildman–Crippen LogP) is 1.03. The Kier molecular flexibility index (Phi) is 3.93. The fourth-order valence-electron chi connectivity index (χ4n) is 1.93. The molecule has 1 aliphatic rings. The minimum atomic E-state index is -0.471. The highest BCUT2D eigenvalue weighted by molar-refractivity contribution is 5.94. The number of aryl methyl sites for hydroxylation is 1. The number of benzene rings is 1. The number of amides is 1. The van der Waals surface area contributed by atoms with Crippen molar-refractivity contribution in [1.82, 2.24) is 15.3 Å². The van der Waals surface area contributed by atoms with E-state index in [1.165, 1.54) is 12.1 Å². The van der Waals surface area contributed by atoms with Crippen molar-refractivity contribution in [3.63, 3.8) is 0 Å². The zero-order valence-corrected chi connectivity index (χ0v) is 10.7. The lowest BCUT2D eigenvalue weighted by atomic mass is 10.1. The van der Waals surface area contributed by atoms with Gasteiger partial charge >= 0.3 is 0 Å². The van der Waals surface area contributed by atoms with E-state index in [1.54, 1.807) is 13.0 Å². The van der Waals surface area contributed by atoms with Gasteiger partial charge in [0, 0.05) is 26.2 Å². The molecule has 1 aliphatic heterocycles. The molecule has 0 radical (unpaired) electrons. The van der Waals surface area contributed by atoms with Gasteiger partial charge in [-0.15, -0.1) is 0 Å². The highest BCUT2D eigenvalue weighted by atomic mass is 19.1. The molecule has 1 heterocycles. The quantitative estimate of drug-likeness (QED) is 0.852. The lowest BCUT2D eigenvalue weighted by Gasteiger charge is -2.32. The number of hydrazine groups is 1. The third-order valence-corrected chi connectivity index (χ3v) is 3.13. The molecule has 1 saturated heterocycles. The Balaban J connectivity index is 1.99. The van der Waals surface area contributed by atoms with Crippen LogP contribution in [0.5, 0.6) is 0 Å². The van der Waals surface area contributed by atoms with Crippen molar-refractivity contribution in [2.75, 3.05) is 33.2 Å². The molecule has 5 heteroatoms. The summed E-state index contributed by atoms with van der Waals surface area (Å²) in [7, 11) is 2.04. The normalized spacial score (nSPS) is 17.7. The zero-order chi connectivity index (χ0) is 13.1. The van der Waals surface area contributed by atoms with E-state index in [1.807, 2.05) is 12.1 Å². The largest absolute Gasteiger partial charge is 0.304 e. The van der Waals surface area contributed by atoms with Crippen molar-refractivity contribution in [2.24, 2.45) is 0 Å². The van der Waals surface area contributed by atoms with Crippen LogP contribution < -0.4 is 5.43 Å². The van der Waals surface area contributed by atoms with Gasteiger partial charge in [0.1, 0.15) is 5.82 Å². The van der Waals surface area contributed by atoms with Crippen molar-refractivity contribution in [3.05, 3.63) is 35.1 Å². The molecule has 0 aromatic heterocycles. The van der Waals surface area contributed by atoms with Gasteiger partial charge in [-0.2, -0.15) is 0 Å². The predicted molar refractivity (Wildman–Crippen MR) is 67.7 cm³/mol. The Morgan fingerprint density at radius 1 is 1.28 bits per heavy atom. The van der Waals surface area contributed by atoms with E-state index in [0.29, 0.717) is 0 Å². The van der Waals surface area contributed by atoms with Crippen molar-refractivity contribution in [2.45, 2.75) is 6.92 Å². The monoisotopic (exact) mass is 251 g/mol. The first-order chi connectivity index (χ1) is 8.56. The lowest BCUT2D eigenvalue weighted by molar-refractivity contribution is 0.0658. The van der Waals surface area contributed by atoms with E-state index in [0.717, 1.165) is 31.7 Å².